The van der Waals surface area contributed by atoms with E-state index in [0.717, 1.165) is 83.1 Å². The Hall–Kier alpha value is 0.440. The van der Waals surface area contributed by atoms with Crippen molar-refractivity contribution in [2.75, 3.05) is 47.6 Å². The van der Waals surface area contributed by atoms with Gasteiger partial charge in [0.2, 0.25) is 0 Å². The van der Waals surface area contributed by atoms with Gasteiger partial charge in [-0.05, 0) is 82.8 Å². The highest BCUT2D eigenvalue weighted by atomic mass is 32.2. The third-order valence-corrected chi connectivity index (χ3v) is 15.7. The van der Waals surface area contributed by atoms with Crippen molar-refractivity contribution >= 4 is 114 Å². The first-order chi connectivity index (χ1) is 19.8. The topological polar surface area (TPSA) is 40.6 Å². The zero-order valence-corrected chi connectivity index (χ0v) is 31.7. The molecular formula is C30H44N2O2S8. The Balaban J connectivity index is 1.12. The Morgan fingerprint density at radius 1 is 0.690 bits per heavy atom. The maximum Gasteiger partial charge on any atom is 0.107 e. The normalized spacial score (nSPS) is 24.5. The van der Waals surface area contributed by atoms with E-state index in [0.29, 0.717) is 34.8 Å². The number of hydrogen-bond donors (Lipinski definition) is 0. The quantitative estimate of drug-likeness (QED) is 0.161. The minimum Gasteiger partial charge on any atom is -0.327 e. The number of rotatable bonds is 15. The van der Waals surface area contributed by atoms with Crippen molar-refractivity contribution < 1.29 is 8.42 Å². The molecule has 2 saturated heterocycles. The average molecular weight is 721 g/mol. The lowest BCUT2D eigenvalue weighted by Crippen LogP contribution is -2.42. The third-order valence-electron chi connectivity index (χ3n) is 8.81. The predicted octanol–water partition coefficient (Wildman–Crippen LogP) is 7.31. The Morgan fingerprint density at radius 3 is 1.45 bits per heavy atom. The lowest BCUT2D eigenvalue weighted by molar-refractivity contribution is 0.303. The highest BCUT2D eigenvalue weighted by Crippen LogP contribution is 2.42. The lowest BCUT2D eigenvalue weighted by Gasteiger charge is -2.35. The number of thioether (sulfide) groups is 2. The van der Waals surface area contributed by atoms with Crippen molar-refractivity contribution in [2.45, 2.75) is 66.2 Å². The van der Waals surface area contributed by atoms with Crippen LogP contribution < -0.4 is 0 Å². The molecule has 0 aliphatic carbocycles. The van der Waals surface area contributed by atoms with E-state index in [1.165, 1.54) is 9.81 Å². The summed E-state index contributed by atoms with van der Waals surface area (Å²) in [5.74, 6) is 5.24. The summed E-state index contributed by atoms with van der Waals surface area (Å²) in [6, 6.07) is 0. The summed E-state index contributed by atoms with van der Waals surface area (Å²) in [5, 5.41) is 0. The van der Waals surface area contributed by atoms with Gasteiger partial charge in [0.25, 0.3) is 0 Å². The number of hydrogen-bond acceptors (Lipinski definition) is 8. The molecule has 4 heterocycles. The van der Waals surface area contributed by atoms with Crippen LogP contribution in [0.5, 0.6) is 0 Å². The summed E-state index contributed by atoms with van der Waals surface area (Å²) in [6.07, 6.45) is 10.1. The largest absolute Gasteiger partial charge is 0.327 e. The van der Waals surface area contributed by atoms with Gasteiger partial charge in [-0.15, -0.1) is 23.5 Å². The van der Waals surface area contributed by atoms with Crippen molar-refractivity contribution in [2.24, 2.45) is 22.7 Å². The first kappa shape index (κ1) is 35.3. The van der Waals surface area contributed by atoms with Gasteiger partial charge in [-0.2, -0.15) is 0 Å². The van der Waals surface area contributed by atoms with Gasteiger partial charge in [0, 0.05) is 69.5 Å². The molecule has 0 amide bonds. The van der Waals surface area contributed by atoms with Crippen molar-refractivity contribution in [1.82, 2.24) is 9.80 Å². The van der Waals surface area contributed by atoms with Crippen molar-refractivity contribution in [3.63, 3.8) is 0 Å². The standard InChI is InChI=1S/C30H44N2O2S8/c1-29(2,7-11-31-25(35)19-23-21(27(31)37)5-13-39-23)9-15-41(33)17-18-42(34)16-10-30(3,4)8-12-32-26(36)20-24-22(28(32)38)6-14-40-24/h19-22H,5-18H2,1-4H3. The van der Waals surface area contributed by atoms with Crippen LogP contribution in [-0.4, -0.2) is 85.8 Å². The van der Waals surface area contributed by atoms with Gasteiger partial charge < -0.3 is 9.80 Å². The molecule has 4 atom stereocenters. The summed E-state index contributed by atoms with van der Waals surface area (Å²) < 4.78 is 25.7. The molecule has 4 unspecified atom stereocenters. The predicted molar refractivity (Wildman–Crippen MR) is 203 cm³/mol. The number of nitrogens with zero attached hydrogens (tertiary/aromatic N) is 2. The van der Waals surface area contributed by atoms with Crippen LogP contribution in [0.2, 0.25) is 0 Å². The van der Waals surface area contributed by atoms with Gasteiger partial charge in [-0.3, -0.25) is 8.42 Å². The Kier molecular flexibility index (Phi) is 12.9. The van der Waals surface area contributed by atoms with E-state index in [4.69, 9.17) is 48.9 Å². The number of fused-ring (bicyclic) bond motifs is 2. The SMILES string of the molecule is CC(C)(CCN1C(=S)C=C2SCCC2C1=S)CCS(=O)CCS(=O)CCC(C)(C)CCN1C(=S)C=C2SCCC2C1=S. The van der Waals surface area contributed by atoms with Crippen LogP contribution in [-0.2, 0) is 21.6 Å². The Morgan fingerprint density at radius 2 is 1.07 bits per heavy atom. The first-order valence-electron chi connectivity index (χ1n) is 14.9. The molecule has 4 nitrogen and oxygen atoms in total. The Bertz CT molecular complexity index is 1120. The van der Waals surface area contributed by atoms with Crippen molar-refractivity contribution in [1.29, 1.82) is 0 Å². The van der Waals surface area contributed by atoms with Crippen molar-refractivity contribution in [3.05, 3.63) is 22.0 Å². The van der Waals surface area contributed by atoms with E-state index in [2.05, 4.69) is 49.6 Å². The van der Waals surface area contributed by atoms with Crippen LogP contribution in [0.3, 0.4) is 0 Å². The fourth-order valence-corrected chi connectivity index (χ4v) is 13.3. The molecule has 0 aromatic carbocycles. The molecule has 0 spiro atoms. The van der Waals surface area contributed by atoms with Gasteiger partial charge in [-0.1, -0.05) is 76.6 Å². The summed E-state index contributed by atoms with van der Waals surface area (Å²) in [7, 11) is -1.94. The molecule has 12 heteroatoms. The fourth-order valence-electron chi connectivity index (χ4n) is 5.53. The fraction of sp³-hybridized carbons (Fsp3) is 0.733. The maximum absolute atomic E-state index is 12.8. The first-order valence-corrected chi connectivity index (χ1v) is 21.4. The molecule has 0 N–H and O–H groups in total. The van der Waals surface area contributed by atoms with Crippen LogP contribution in [0, 0.1) is 22.7 Å². The molecule has 4 rings (SSSR count). The van der Waals surface area contributed by atoms with E-state index >= 15 is 0 Å². The molecule has 0 aromatic rings. The van der Waals surface area contributed by atoms with Gasteiger partial charge in [0.1, 0.15) is 9.98 Å². The molecule has 0 bridgehead atoms. The van der Waals surface area contributed by atoms with E-state index in [-0.39, 0.29) is 10.8 Å². The Labute approximate surface area is 288 Å². The second kappa shape index (κ2) is 15.4. The highest BCUT2D eigenvalue weighted by Gasteiger charge is 2.36. The smallest absolute Gasteiger partial charge is 0.107 e. The molecule has 234 valence electrons. The molecule has 0 aromatic heterocycles. The highest BCUT2D eigenvalue weighted by molar-refractivity contribution is 8.03. The second-order valence-electron chi connectivity index (χ2n) is 13.2. The van der Waals surface area contributed by atoms with Gasteiger partial charge in [-0.25, -0.2) is 0 Å². The minimum absolute atomic E-state index is 0.0332. The van der Waals surface area contributed by atoms with E-state index < -0.39 is 21.6 Å². The molecule has 42 heavy (non-hydrogen) atoms. The van der Waals surface area contributed by atoms with E-state index in [9.17, 15) is 8.42 Å². The monoisotopic (exact) mass is 720 g/mol. The number of thiocarbonyl (C=S) groups is 4. The summed E-state index contributed by atoms with van der Waals surface area (Å²) in [4.78, 5) is 10.6. The van der Waals surface area contributed by atoms with Crippen molar-refractivity contribution in [3.8, 4) is 0 Å². The summed E-state index contributed by atoms with van der Waals surface area (Å²) >= 11 is 26.7. The van der Waals surface area contributed by atoms with E-state index in [1.54, 1.807) is 0 Å². The van der Waals surface area contributed by atoms with Crippen LogP contribution in [0.25, 0.3) is 0 Å². The third kappa shape index (κ3) is 9.48. The maximum atomic E-state index is 12.8. The molecule has 4 aliphatic rings. The van der Waals surface area contributed by atoms with Crippen LogP contribution in [0.1, 0.15) is 66.2 Å². The van der Waals surface area contributed by atoms with E-state index in [1.807, 2.05) is 23.5 Å². The van der Waals surface area contributed by atoms with Gasteiger partial charge >= 0.3 is 0 Å². The zero-order chi connectivity index (χ0) is 30.7. The second-order valence-corrected chi connectivity index (χ2v) is 20.6. The summed E-state index contributed by atoms with van der Waals surface area (Å²) in [6.45, 7) is 10.6. The zero-order valence-electron chi connectivity index (χ0n) is 25.2. The molecule has 4 aliphatic heterocycles. The lowest BCUT2D eigenvalue weighted by atomic mass is 9.86. The minimum atomic E-state index is -0.968. The van der Waals surface area contributed by atoms with Crippen LogP contribution in [0.4, 0.5) is 0 Å². The van der Waals surface area contributed by atoms with Gasteiger partial charge in [0.15, 0.2) is 0 Å². The van der Waals surface area contributed by atoms with Crippen LogP contribution in [0.15, 0.2) is 22.0 Å². The average Bonchev–Trinajstić information content (AvgIpc) is 3.59. The van der Waals surface area contributed by atoms with Crippen LogP contribution >= 0.6 is 72.4 Å². The molecule has 2 fully saturated rings. The molecular weight excluding hydrogens is 677 g/mol. The summed E-state index contributed by atoms with van der Waals surface area (Å²) in [5.41, 5.74) is 0.0663. The molecule has 0 radical (unpaired) electrons. The van der Waals surface area contributed by atoms with Gasteiger partial charge in [0.05, 0.1) is 9.98 Å². The molecule has 0 saturated carbocycles.